The molecule has 2 saturated heterocycles. The summed E-state index contributed by atoms with van der Waals surface area (Å²) in [7, 11) is 0. The van der Waals surface area contributed by atoms with Crippen LogP contribution in [0, 0.1) is 17.3 Å². The van der Waals surface area contributed by atoms with Crippen molar-refractivity contribution in [2.45, 2.75) is 39.7 Å². The summed E-state index contributed by atoms with van der Waals surface area (Å²) in [6.45, 7) is 6.75. The molecule has 1 saturated carbocycles. The lowest BCUT2D eigenvalue weighted by atomic mass is 9.55. The van der Waals surface area contributed by atoms with Gasteiger partial charge in [0.05, 0.1) is 0 Å². The Labute approximate surface area is 73.7 Å². The van der Waals surface area contributed by atoms with Crippen molar-refractivity contribution in [2.24, 2.45) is 17.3 Å². The minimum absolute atomic E-state index is 0.251. The van der Waals surface area contributed by atoms with Crippen LogP contribution < -0.4 is 5.32 Å². The smallest absolute Gasteiger partial charge is 0.220 e. The predicted octanol–water partition coefficient (Wildman–Crippen LogP) is 1.56. The van der Waals surface area contributed by atoms with E-state index in [2.05, 4.69) is 26.1 Å². The molecule has 1 aliphatic carbocycles. The molecule has 2 bridgehead atoms. The van der Waals surface area contributed by atoms with Crippen LogP contribution in [0.3, 0.4) is 0 Å². The molecular formula is C10H17NO. The molecule has 0 radical (unpaired) electrons. The molecule has 3 fully saturated rings. The summed E-state index contributed by atoms with van der Waals surface area (Å²) in [6, 6.07) is 0.444. The molecule has 0 spiro atoms. The summed E-state index contributed by atoms with van der Waals surface area (Å²) in [4.78, 5) is 11.3. The van der Waals surface area contributed by atoms with E-state index in [-0.39, 0.29) is 5.91 Å². The first-order valence-corrected chi connectivity index (χ1v) is 4.81. The highest BCUT2D eigenvalue weighted by Gasteiger charge is 2.52. The number of nitrogens with one attached hydrogen (secondary N) is 1. The number of amides is 1. The lowest BCUT2D eigenvalue weighted by molar-refractivity contribution is -0.122. The van der Waals surface area contributed by atoms with Crippen LogP contribution in [-0.2, 0) is 4.79 Å². The van der Waals surface area contributed by atoms with E-state index in [1.807, 2.05) is 0 Å². The van der Waals surface area contributed by atoms with Gasteiger partial charge in [0.1, 0.15) is 0 Å². The summed E-state index contributed by atoms with van der Waals surface area (Å²) in [5.74, 6) is 1.57. The van der Waals surface area contributed by atoms with E-state index < -0.39 is 0 Å². The fourth-order valence-electron chi connectivity index (χ4n) is 2.86. The van der Waals surface area contributed by atoms with Gasteiger partial charge in [0.2, 0.25) is 5.91 Å². The normalized spacial score (nSPS) is 44.2. The zero-order valence-corrected chi connectivity index (χ0v) is 8.05. The fraction of sp³-hybridized carbons (Fsp3) is 0.900. The molecule has 0 unspecified atom stereocenters. The Hall–Kier alpha value is -0.530. The maximum absolute atomic E-state index is 11.3. The van der Waals surface area contributed by atoms with Crippen molar-refractivity contribution in [3.05, 3.63) is 0 Å². The zero-order chi connectivity index (χ0) is 8.93. The Morgan fingerprint density at radius 1 is 1.50 bits per heavy atom. The zero-order valence-electron chi connectivity index (χ0n) is 8.05. The van der Waals surface area contributed by atoms with E-state index in [9.17, 15) is 4.79 Å². The third kappa shape index (κ3) is 0.900. The van der Waals surface area contributed by atoms with Gasteiger partial charge in [-0.3, -0.25) is 4.79 Å². The summed E-state index contributed by atoms with van der Waals surface area (Å²) < 4.78 is 0. The Morgan fingerprint density at radius 3 is 2.75 bits per heavy atom. The number of hydrogen-bond donors (Lipinski definition) is 1. The molecule has 2 heterocycles. The fourth-order valence-corrected chi connectivity index (χ4v) is 2.86. The molecule has 3 aliphatic rings. The van der Waals surface area contributed by atoms with Crippen LogP contribution in [0.1, 0.15) is 33.6 Å². The molecule has 1 N–H and O–H groups in total. The Kier molecular flexibility index (Phi) is 1.51. The van der Waals surface area contributed by atoms with Crippen LogP contribution in [0.2, 0.25) is 0 Å². The number of carbonyl (C=O) groups excluding carboxylic acids is 1. The second kappa shape index (κ2) is 2.24. The number of rotatable bonds is 0. The maximum atomic E-state index is 11.3. The van der Waals surface area contributed by atoms with E-state index in [1.165, 1.54) is 6.42 Å². The highest BCUT2D eigenvalue weighted by atomic mass is 16.1. The van der Waals surface area contributed by atoms with Crippen molar-refractivity contribution in [1.82, 2.24) is 5.32 Å². The first-order chi connectivity index (χ1) is 5.51. The summed E-state index contributed by atoms with van der Waals surface area (Å²) in [5, 5.41) is 3.09. The number of carbonyl (C=O) groups is 1. The lowest BCUT2D eigenvalue weighted by Crippen LogP contribution is -2.56. The molecule has 0 aromatic carbocycles. The van der Waals surface area contributed by atoms with E-state index in [0.29, 0.717) is 17.4 Å². The van der Waals surface area contributed by atoms with E-state index in [1.54, 1.807) is 0 Å². The van der Waals surface area contributed by atoms with Crippen molar-refractivity contribution in [1.29, 1.82) is 0 Å². The molecule has 2 nitrogen and oxygen atoms in total. The Balaban J connectivity index is 2.23. The average Bonchev–Trinajstić information content (AvgIpc) is 2.14. The molecule has 0 aromatic heterocycles. The number of hydrogen-bond acceptors (Lipinski definition) is 1. The van der Waals surface area contributed by atoms with Gasteiger partial charge in [-0.1, -0.05) is 20.8 Å². The minimum atomic E-state index is 0.251. The standard InChI is InChI=1S/C10H17NO/c1-6-4-9(12)11-8-5-7(6)10(8,2)3/h6-8H,4-5H2,1-3H3,(H,11,12)/t6-,7-,8+/m1/s1. The van der Waals surface area contributed by atoms with Gasteiger partial charge in [-0.25, -0.2) is 0 Å². The van der Waals surface area contributed by atoms with Crippen LogP contribution in [0.5, 0.6) is 0 Å². The Morgan fingerprint density at radius 2 is 2.17 bits per heavy atom. The predicted molar refractivity (Wildman–Crippen MR) is 47.6 cm³/mol. The van der Waals surface area contributed by atoms with Crippen molar-refractivity contribution in [3.63, 3.8) is 0 Å². The summed E-state index contributed by atoms with van der Waals surface area (Å²) >= 11 is 0. The third-order valence-electron chi connectivity index (χ3n) is 3.87. The van der Waals surface area contributed by atoms with Gasteiger partial charge in [0.25, 0.3) is 0 Å². The van der Waals surface area contributed by atoms with Crippen molar-refractivity contribution in [3.8, 4) is 0 Å². The molecule has 1 amide bonds. The van der Waals surface area contributed by atoms with E-state index in [4.69, 9.17) is 0 Å². The monoisotopic (exact) mass is 167 g/mol. The first-order valence-electron chi connectivity index (χ1n) is 4.81. The highest BCUT2D eigenvalue weighted by Crippen LogP contribution is 2.52. The van der Waals surface area contributed by atoms with Gasteiger partial charge in [-0.15, -0.1) is 0 Å². The van der Waals surface area contributed by atoms with Crippen molar-refractivity contribution in [2.75, 3.05) is 0 Å². The SMILES string of the molecule is C[C@@H]1CC(=O)N[C@H]2C[C@H]1C2(C)C. The Bertz CT molecular complexity index is 222. The molecule has 12 heavy (non-hydrogen) atoms. The van der Waals surface area contributed by atoms with Crippen LogP contribution >= 0.6 is 0 Å². The van der Waals surface area contributed by atoms with Crippen molar-refractivity contribution < 1.29 is 4.79 Å². The molecule has 68 valence electrons. The van der Waals surface area contributed by atoms with Crippen LogP contribution in [0.15, 0.2) is 0 Å². The summed E-state index contributed by atoms with van der Waals surface area (Å²) in [5.41, 5.74) is 0.339. The van der Waals surface area contributed by atoms with E-state index in [0.717, 1.165) is 12.3 Å². The topological polar surface area (TPSA) is 29.1 Å². The first kappa shape index (κ1) is 8.09. The molecule has 2 aliphatic heterocycles. The second-order valence-corrected chi connectivity index (χ2v) is 4.97. The van der Waals surface area contributed by atoms with Gasteiger partial charge < -0.3 is 5.32 Å². The lowest BCUT2D eigenvalue weighted by Gasteiger charge is -2.52. The van der Waals surface area contributed by atoms with Gasteiger partial charge in [0, 0.05) is 12.5 Å². The van der Waals surface area contributed by atoms with Crippen LogP contribution in [-0.4, -0.2) is 11.9 Å². The van der Waals surface area contributed by atoms with Crippen molar-refractivity contribution >= 4 is 5.91 Å². The van der Waals surface area contributed by atoms with Crippen LogP contribution in [0.4, 0.5) is 0 Å². The average molecular weight is 167 g/mol. The maximum Gasteiger partial charge on any atom is 0.220 e. The van der Waals surface area contributed by atoms with Gasteiger partial charge in [-0.05, 0) is 23.7 Å². The van der Waals surface area contributed by atoms with Gasteiger partial charge in [0.15, 0.2) is 0 Å². The van der Waals surface area contributed by atoms with E-state index >= 15 is 0 Å². The van der Waals surface area contributed by atoms with Crippen LogP contribution in [0.25, 0.3) is 0 Å². The number of fused-ring (bicyclic) bond motifs is 3. The second-order valence-electron chi connectivity index (χ2n) is 4.97. The molecule has 3 atom stereocenters. The van der Waals surface area contributed by atoms with Gasteiger partial charge >= 0.3 is 0 Å². The third-order valence-corrected chi connectivity index (χ3v) is 3.87. The highest BCUT2D eigenvalue weighted by molar-refractivity contribution is 5.77. The summed E-state index contributed by atoms with van der Waals surface area (Å²) in [6.07, 6.45) is 1.92. The largest absolute Gasteiger partial charge is 0.353 e. The minimum Gasteiger partial charge on any atom is -0.353 e. The molecule has 2 heteroatoms. The molecular weight excluding hydrogens is 150 g/mol. The molecule has 3 rings (SSSR count). The molecule has 0 aromatic rings. The van der Waals surface area contributed by atoms with Gasteiger partial charge in [-0.2, -0.15) is 0 Å². The quantitative estimate of drug-likeness (QED) is 0.583.